The third kappa shape index (κ3) is 4.06. The molecule has 0 radical (unpaired) electrons. The maximum Gasteiger partial charge on any atom is 0.277 e. The molecule has 0 bridgehead atoms. The van der Waals surface area contributed by atoms with E-state index in [0.29, 0.717) is 45.6 Å². The predicted octanol–water partition coefficient (Wildman–Crippen LogP) is 4.12. The van der Waals surface area contributed by atoms with Crippen LogP contribution in [0.25, 0.3) is 11.5 Å². The fourth-order valence-corrected chi connectivity index (χ4v) is 3.14. The second-order valence-electron chi connectivity index (χ2n) is 6.19. The molecule has 0 saturated heterocycles. The molecule has 0 spiro atoms. The number of ether oxygens (including phenoxy) is 3. The molecule has 0 aliphatic heterocycles. The summed E-state index contributed by atoms with van der Waals surface area (Å²) >= 11 is 1.34. The van der Waals surface area contributed by atoms with Crippen LogP contribution in [0.2, 0.25) is 0 Å². The molecule has 28 heavy (non-hydrogen) atoms. The summed E-state index contributed by atoms with van der Waals surface area (Å²) in [6, 6.07) is 3.50. The van der Waals surface area contributed by atoms with Crippen LogP contribution < -0.4 is 14.2 Å². The first kappa shape index (κ1) is 20.0. The number of rotatable bonds is 8. The smallest absolute Gasteiger partial charge is 0.277 e. The molecule has 0 aliphatic rings. The van der Waals surface area contributed by atoms with E-state index in [1.54, 1.807) is 33.5 Å². The molecule has 9 nitrogen and oxygen atoms in total. The number of benzene rings is 1. The molecule has 150 valence electrons. The van der Waals surface area contributed by atoms with Crippen molar-refractivity contribution in [1.29, 1.82) is 0 Å². The van der Waals surface area contributed by atoms with Gasteiger partial charge in [0.2, 0.25) is 17.5 Å². The molecule has 10 heteroatoms. The van der Waals surface area contributed by atoms with Crippen LogP contribution >= 0.6 is 11.8 Å². The lowest BCUT2D eigenvalue weighted by molar-refractivity contribution is 0.324. The quantitative estimate of drug-likeness (QED) is 0.507. The summed E-state index contributed by atoms with van der Waals surface area (Å²) in [5.74, 6) is 3.22. The number of hydrogen-bond acceptors (Lipinski definition) is 10. The highest BCUT2D eigenvalue weighted by Crippen LogP contribution is 2.42. The molecule has 0 N–H and O–H groups in total. The monoisotopic (exact) mass is 406 g/mol. The molecule has 1 aromatic carbocycles. The van der Waals surface area contributed by atoms with Crippen molar-refractivity contribution < 1.29 is 23.2 Å². The summed E-state index contributed by atoms with van der Waals surface area (Å²) in [6.45, 7) is 5.95. The van der Waals surface area contributed by atoms with Crippen LogP contribution in [0.15, 0.2) is 26.3 Å². The van der Waals surface area contributed by atoms with Crippen molar-refractivity contribution in [2.24, 2.45) is 0 Å². The summed E-state index contributed by atoms with van der Waals surface area (Å²) in [7, 11) is 4.65. The zero-order valence-electron chi connectivity index (χ0n) is 16.5. The molecule has 2 aromatic heterocycles. The number of hydrogen-bond donors (Lipinski definition) is 0. The first-order valence-corrected chi connectivity index (χ1v) is 9.48. The maximum absolute atomic E-state index is 5.79. The van der Waals surface area contributed by atoms with Gasteiger partial charge in [-0.15, -0.1) is 10.2 Å². The Bertz CT molecular complexity index is 915. The van der Waals surface area contributed by atoms with Crippen molar-refractivity contribution in [1.82, 2.24) is 20.3 Å². The molecule has 1 unspecified atom stereocenters. The average Bonchev–Trinajstić information content (AvgIpc) is 3.36. The van der Waals surface area contributed by atoms with Crippen LogP contribution in [0.1, 0.15) is 43.7 Å². The van der Waals surface area contributed by atoms with Crippen molar-refractivity contribution in [3.8, 4) is 28.7 Å². The molecule has 3 aromatic rings. The van der Waals surface area contributed by atoms with E-state index in [9.17, 15) is 0 Å². The summed E-state index contributed by atoms with van der Waals surface area (Å²) in [4.78, 5) is 4.40. The molecule has 2 heterocycles. The number of methoxy groups -OCH3 is 3. The normalized spacial score (nSPS) is 12.2. The van der Waals surface area contributed by atoms with Gasteiger partial charge in [0, 0.05) is 11.5 Å². The van der Waals surface area contributed by atoms with Gasteiger partial charge in [0.05, 0.1) is 26.6 Å². The van der Waals surface area contributed by atoms with Gasteiger partial charge in [-0.1, -0.05) is 30.8 Å². The predicted molar refractivity (Wildman–Crippen MR) is 102 cm³/mol. The minimum atomic E-state index is -0.131. The molecular formula is C18H22N4O5S. The van der Waals surface area contributed by atoms with E-state index in [4.69, 9.17) is 23.2 Å². The fraction of sp³-hybridized carbons (Fsp3) is 0.444. The van der Waals surface area contributed by atoms with Crippen LogP contribution in [-0.4, -0.2) is 41.7 Å². The molecule has 1 atom stereocenters. The minimum absolute atomic E-state index is 0.131. The summed E-state index contributed by atoms with van der Waals surface area (Å²) in [5.41, 5.74) is 0.654. The Balaban J connectivity index is 1.81. The van der Waals surface area contributed by atoms with Gasteiger partial charge in [0.25, 0.3) is 5.22 Å². The molecule has 0 saturated carbocycles. The van der Waals surface area contributed by atoms with E-state index < -0.39 is 0 Å². The van der Waals surface area contributed by atoms with Crippen molar-refractivity contribution >= 4 is 11.8 Å². The first-order chi connectivity index (χ1) is 13.5. The number of aromatic nitrogens is 4. The third-order valence-electron chi connectivity index (χ3n) is 3.92. The molecule has 0 aliphatic carbocycles. The van der Waals surface area contributed by atoms with Crippen LogP contribution in [-0.2, 0) is 0 Å². The van der Waals surface area contributed by atoms with Gasteiger partial charge >= 0.3 is 0 Å². The minimum Gasteiger partial charge on any atom is -0.493 e. The van der Waals surface area contributed by atoms with Gasteiger partial charge < -0.3 is 23.2 Å². The summed E-state index contributed by atoms with van der Waals surface area (Å²) in [6.07, 6.45) is 0. The largest absolute Gasteiger partial charge is 0.493 e. The summed E-state index contributed by atoms with van der Waals surface area (Å²) in [5, 5.41) is 12.5. The highest BCUT2D eigenvalue weighted by atomic mass is 32.2. The van der Waals surface area contributed by atoms with Gasteiger partial charge in [0.1, 0.15) is 0 Å². The Morgan fingerprint density at radius 2 is 1.64 bits per heavy atom. The topological polar surface area (TPSA) is 106 Å². The van der Waals surface area contributed by atoms with Crippen LogP contribution in [0.5, 0.6) is 17.2 Å². The summed E-state index contributed by atoms with van der Waals surface area (Å²) < 4.78 is 27.2. The lowest BCUT2D eigenvalue weighted by atomic mass is 10.2. The van der Waals surface area contributed by atoms with Crippen LogP contribution in [0.4, 0.5) is 0 Å². The second-order valence-corrected chi connectivity index (χ2v) is 7.48. The van der Waals surface area contributed by atoms with E-state index in [1.165, 1.54) is 11.8 Å². The van der Waals surface area contributed by atoms with E-state index >= 15 is 0 Å². The Labute approximate surface area is 166 Å². The van der Waals surface area contributed by atoms with E-state index in [0.717, 1.165) is 0 Å². The maximum atomic E-state index is 5.79. The van der Waals surface area contributed by atoms with Gasteiger partial charge in [-0.3, -0.25) is 0 Å². The second kappa shape index (κ2) is 8.51. The molecule has 0 amide bonds. The fourth-order valence-electron chi connectivity index (χ4n) is 2.43. The van der Waals surface area contributed by atoms with Gasteiger partial charge in [-0.2, -0.15) is 4.98 Å². The van der Waals surface area contributed by atoms with Crippen molar-refractivity contribution in [3.05, 3.63) is 23.8 Å². The van der Waals surface area contributed by atoms with Crippen LogP contribution in [0, 0.1) is 0 Å². The van der Waals surface area contributed by atoms with Gasteiger partial charge in [-0.25, -0.2) is 0 Å². The van der Waals surface area contributed by atoms with Crippen molar-refractivity contribution in [2.75, 3.05) is 21.3 Å². The molecule has 0 fully saturated rings. The zero-order valence-corrected chi connectivity index (χ0v) is 17.4. The lowest BCUT2D eigenvalue weighted by Crippen LogP contribution is -1.95. The number of thioether (sulfide) groups is 1. The molecular weight excluding hydrogens is 384 g/mol. The van der Waals surface area contributed by atoms with Crippen molar-refractivity contribution in [3.63, 3.8) is 0 Å². The SMILES string of the molecule is COc1cc(-c2nnc(SC(C)c3nc(C(C)C)no3)o2)cc(OC)c1OC. The highest BCUT2D eigenvalue weighted by molar-refractivity contribution is 7.99. The van der Waals surface area contributed by atoms with Gasteiger partial charge in [-0.05, 0) is 19.1 Å². The number of nitrogens with zero attached hydrogens (tertiary/aromatic N) is 4. The van der Waals surface area contributed by atoms with E-state index in [-0.39, 0.29) is 11.2 Å². The average molecular weight is 406 g/mol. The Morgan fingerprint density at radius 3 is 2.18 bits per heavy atom. The van der Waals surface area contributed by atoms with Gasteiger partial charge in [0.15, 0.2) is 17.3 Å². The highest BCUT2D eigenvalue weighted by Gasteiger charge is 2.22. The Kier molecular flexibility index (Phi) is 6.08. The zero-order chi connectivity index (χ0) is 20.3. The van der Waals surface area contributed by atoms with Crippen molar-refractivity contribution in [2.45, 2.75) is 37.2 Å². The van der Waals surface area contributed by atoms with Crippen LogP contribution in [0.3, 0.4) is 0 Å². The Morgan fingerprint density at radius 1 is 0.964 bits per heavy atom. The molecule has 3 rings (SSSR count). The first-order valence-electron chi connectivity index (χ1n) is 8.60. The standard InChI is InChI=1S/C18H22N4O5S/c1-9(2)15-19-16(27-22-15)10(3)28-18-21-20-17(26-18)11-7-12(23-4)14(25-6)13(8-11)24-5/h7-10H,1-6H3. The van der Waals surface area contributed by atoms with E-state index in [2.05, 4.69) is 20.3 Å². The lowest BCUT2D eigenvalue weighted by Gasteiger charge is -2.12. The Hall–Kier alpha value is -2.75. The third-order valence-corrected chi connectivity index (χ3v) is 4.84. The van der Waals surface area contributed by atoms with E-state index in [1.807, 2.05) is 20.8 Å².